The molecular weight excluding hydrogens is 453 g/mol. The number of aromatic nitrogens is 2. The molecule has 0 fully saturated rings. The van der Waals surface area contributed by atoms with Crippen molar-refractivity contribution in [3.63, 3.8) is 0 Å². The molecule has 3 aromatic rings. The van der Waals surface area contributed by atoms with E-state index in [0.717, 1.165) is 16.4 Å². The smallest absolute Gasteiger partial charge is 0.268 e. The third kappa shape index (κ3) is 4.41. The second-order valence-electron chi connectivity index (χ2n) is 7.23. The Labute approximate surface area is 190 Å². The van der Waals surface area contributed by atoms with E-state index in [4.69, 9.17) is 14.2 Å². The number of sulfonamides is 1. The molecule has 4 rings (SSSR count). The number of hydrogen-bond donors (Lipinski definition) is 1. The van der Waals surface area contributed by atoms with Crippen LogP contribution in [-0.2, 0) is 16.6 Å². The van der Waals surface area contributed by atoms with Gasteiger partial charge in [0.1, 0.15) is 40.1 Å². The number of nitrogens with zero attached hydrogens (tertiary/aromatic N) is 3. The minimum absolute atomic E-state index is 0.0425. The van der Waals surface area contributed by atoms with Crippen molar-refractivity contribution >= 4 is 15.8 Å². The summed E-state index contributed by atoms with van der Waals surface area (Å²) in [6.45, 7) is -0.00944. The molecular formula is C22H22FN3O6S. The van der Waals surface area contributed by atoms with E-state index < -0.39 is 26.8 Å². The maximum Gasteiger partial charge on any atom is 0.268 e. The van der Waals surface area contributed by atoms with Crippen LogP contribution in [0.25, 0.3) is 0 Å². The van der Waals surface area contributed by atoms with Gasteiger partial charge in [-0.2, -0.15) is 0 Å². The molecule has 0 amide bonds. The van der Waals surface area contributed by atoms with Crippen molar-refractivity contribution in [2.24, 2.45) is 0 Å². The van der Waals surface area contributed by atoms with Crippen LogP contribution in [0.5, 0.6) is 17.2 Å². The van der Waals surface area contributed by atoms with Crippen LogP contribution in [0, 0.1) is 5.82 Å². The SMILES string of the molecule is COc1ccc(CN(c2ccncn2)S(=O)(=O)c2cc3c(cc2F)C(O)CCO3)c(OC)c1. The number of rotatable bonds is 7. The summed E-state index contributed by atoms with van der Waals surface area (Å²) in [6.07, 6.45) is 1.95. The van der Waals surface area contributed by atoms with E-state index in [9.17, 15) is 13.5 Å². The van der Waals surface area contributed by atoms with Crippen LogP contribution in [0.3, 0.4) is 0 Å². The summed E-state index contributed by atoms with van der Waals surface area (Å²) in [4.78, 5) is 7.30. The van der Waals surface area contributed by atoms with E-state index in [1.807, 2.05) is 0 Å². The Kier molecular flexibility index (Phi) is 6.34. The summed E-state index contributed by atoms with van der Waals surface area (Å²) in [5.74, 6) is 0.0860. The van der Waals surface area contributed by atoms with Gasteiger partial charge in [-0.25, -0.2) is 27.1 Å². The highest BCUT2D eigenvalue weighted by molar-refractivity contribution is 7.92. The summed E-state index contributed by atoms with van der Waals surface area (Å²) in [6, 6.07) is 8.44. The fourth-order valence-electron chi connectivity index (χ4n) is 3.55. The maximum atomic E-state index is 15.1. The number of aliphatic hydroxyl groups excluding tert-OH is 1. The van der Waals surface area contributed by atoms with Crippen LogP contribution < -0.4 is 18.5 Å². The lowest BCUT2D eigenvalue weighted by Crippen LogP contribution is -2.32. The Hall–Kier alpha value is -3.44. The van der Waals surface area contributed by atoms with Gasteiger partial charge in [-0.1, -0.05) is 0 Å². The number of fused-ring (bicyclic) bond motifs is 1. The van der Waals surface area contributed by atoms with Crippen LogP contribution in [0.4, 0.5) is 10.2 Å². The molecule has 2 aromatic carbocycles. The quantitative estimate of drug-likeness (QED) is 0.555. The third-order valence-electron chi connectivity index (χ3n) is 5.27. The second kappa shape index (κ2) is 9.20. The van der Waals surface area contributed by atoms with E-state index in [1.54, 1.807) is 18.2 Å². The first kappa shape index (κ1) is 22.7. The van der Waals surface area contributed by atoms with Crippen LogP contribution >= 0.6 is 0 Å². The monoisotopic (exact) mass is 475 g/mol. The maximum absolute atomic E-state index is 15.1. The minimum atomic E-state index is -4.45. The lowest BCUT2D eigenvalue weighted by Gasteiger charge is -2.26. The van der Waals surface area contributed by atoms with Crippen molar-refractivity contribution < 1.29 is 32.1 Å². The lowest BCUT2D eigenvalue weighted by molar-refractivity contribution is 0.114. The van der Waals surface area contributed by atoms with Crippen molar-refractivity contribution in [2.75, 3.05) is 25.1 Å². The zero-order chi connectivity index (χ0) is 23.6. The molecule has 1 aliphatic rings. The number of benzene rings is 2. The van der Waals surface area contributed by atoms with Gasteiger partial charge in [0.05, 0.1) is 33.5 Å². The molecule has 1 aliphatic heterocycles. The Morgan fingerprint density at radius 1 is 1.21 bits per heavy atom. The van der Waals surface area contributed by atoms with Gasteiger partial charge in [-0.3, -0.25) is 0 Å². The predicted octanol–water partition coefficient (Wildman–Crippen LogP) is 2.84. The molecule has 0 saturated carbocycles. The standard InChI is InChI=1S/C22H22FN3O6S/c1-30-15-4-3-14(19(9-15)31-2)12-26(22-5-7-24-13-25-22)33(28,29)21-11-20-16(10-17(21)23)18(27)6-8-32-20/h3-5,7,9-11,13,18,27H,6,8,12H2,1-2H3. The Bertz CT molecular complexity index is 1260. The molecule has 1 aromatic heterocycles. The fourth-order valence-corrected chi connectivity index (χ4v) is 5.01. The third-order valence-corrected chi connectivity index (χ3v) is 7.04. The van der Waals surface area contributed by atoms with E-state index in [1.165, 1.54) is 32.8 Å². The van der Waals surface area contributed by atoms with Gasteiger partial charge in [-0.15, -0.1) is 0 Å². The average molecular weight is 475 g/mol. The van der Waals surface area contributed by atoms with Crippen molar-refractivity contribution in [1.29, 1.82) is 0 Å². The molecule has 1 unspecified atom stereocenters. The van der Waals surface area contributed by atoms with Crippen LogP contribution in [-0.4, -0.2) is 44.3 Å². The lowest BCUT2D eigenvalue weighted by atomic mass is 10.0. The highest BCUT2D eigenvalue weighted by atomic mass is 32.2. The van der Waals surface area contributed by atoms with Gasteiger partial charge in [0, 0.05) is 41.9 Å². The van der Waals surface area contributed by atoms with Crippen molar-refractivity contribution in [3.8, 4) is 17.2 Å². The van der Waals surface area contributed by atoms with Gasteiger partial charge in [0.25, 0.3) is 10.0 Å². The number of hydrogen-bond acceptors (Lipinski definition) is 8. The fraction of sp³-hybridized carbons (Fsp3) is 0.273. The van der Waals surface area contributed by atoms with Crippen molar-refractivity contribution in [1.82, 2.24) is 9.97 Å². The van der Waals surface area contributed by atoms with Gasteiger partial charge in [0.15, 0.2) is 0 Å². The Balaban J connectivity index is 1.82. The molecule has 1 atom stereocenters. The molecule has 1 N–H and O–H groups in total. The molecule has 33 heavy (non-hydrogen) atoms. The first-order chi connectivity index (χ1) is 15.8. The topological polar surface area (TPSA) is 111 Å². The summed E-state index contributed by atoms with van der Waals surface area (Å²) in [5, 5.41) is 10.1. The van der Waals surface area contributed by atoms with Crippen LogP contribution in [0.2, 0.25) is 0 Å². The highest BCUT2D eigenvalue weighted by Crippen LogP contribution is 2.37. The van der Waals surface area contributed by atoms with Crippen LogP contribution in [0.15, 0.2) is 53.8 Å². The van der Waals surface area contributed by atoms with E-state index >= 15 is 4.39 Å². The van der Waals surface area contributed by atoms with Crippen molar-refractivity contribution in [2.45, 2.75) is 24.0 Å². The average Bonchev–Trinajstić information content (AvgIpc) is 2.83. The first-order valence-corrected chi connectivity index (χ1v) is 11.4. The number of anilines is 1. The van der Waals surface area contributed by atoms with E-state index in [0.29, 0.717) is 23.5 Å². The van der Waals surface area contributed by atoms with Gasteiger partial charge >= 0.3 is 0 Å². The number of ether oxygens (including phenoxy) is 3. The number of halogens is 1. The molecule has 0 radical (unpaired) electrons. The Morgan fingerprint density at radius 3 is 2.73 bits per heavy atom. The molecule has 174 valence electrons. The highest BCUT2D eigenvalue weighted by Gasteiger charge is 2.33. The summed E-state index contributed by atoms with van der Waals surface area (Å²) < 4.78 is 59.5. The van der Waals surface area contributed by atoms with E-state index in [2.05, 4.69) is 9.97 Å². The van der Waals surface area contributed by atoms with E-state index in [-0.39, 0.29) is 30.3 Å². The number of aliphatic hydroxyl groups is 1. The molecule has 0 bridgehead atoms. The molecule has 2 heterocycles. The minimum Gasteiger partial charge on any atom is -0.497 e. The summed E-state index contributed by atoms with van der Waals surface area (Å²) in [7, 11) is -1.50. The normalized spacial score (nSPS) is 15.3. The molecule has 9 nitrogen and oxygen atoms in total. The molecule has 11 heteroatoms. The van der Waals surface area contributed by atoms with Gasteiger partial charge in [-0.05, 0) is 18.2 Å². The number of methoxy groups -OCH3 is 2. The second-order valence-corrected chi connectivity index (χ2v) is 9.06. The molecule has 0 spiro atoms. The first-order valence-electron chi connectivity index (χ1n) is 9.99. The molecule has 0 saturated heterocycles. The van der Waals surface area contributed by atoms with Gasteiger partial charge in [0.2, 0.25) is 0 Å². The van der Waals surface area contributed by atoms with Crippen LogP contribution in [0.1, 0.15) is 23.7 Å². The predicted molar refractivity (Wildman–Crippen MR) is 116 cm³/mol. The van der Waals surface area contributed by atoms with Crippen molar-refractivity contribution in [3.05, 3.63) is 65.9 Å². The largest absolute Gasteiger partial charge is 0.497 e. The zero-order valence-corrected chi connectivity index (χ0v) is 18.8. The zero-order valence-electron chi connectivity index (χ0n) is 17.9. The van der Waals surface area contributed by atoms with Gasteiger partial charge < -0.3 is 19.3 Å². The summed E-state index contributed by atoms with van der Waals surface area (Å²) in [5.41, 5.74) is 0.716. The molecule has 0 aliphatic carbocycles. The Morgan fingerprint density at radius 2 is 2.03 bits per heavy atom. The summed E-state index contributed by atoms with van der Waals surface area (Å²) >= 11 is 0.